The summed E-state index contributed by atoms with van der Waals surface area (Å²) in [4.78, 5) is 41.8. The lowest BCUT2D eigenvalue weighted by molar-refractivity contribution is 0.0495. The topological polar surface area (TPSA) is 136 Å². The number of ether oxygens (including phenoxy) is 1. The summed E-state index contributed by atoms with van der Waals surface area (Å²) in [6.07, 6.45) is 4.68. The molecule has 0 saturated carbocycles. The largest absolute Gasteiger partial charge is 0.444 e. The molecule has 47 heavy (non-hydrogen) atoms. The fraction of sp³-hybridized carbons (Fsp3) is 0.406. The first-order valence-electron chi connectivity index (χ1n) is 15.0. The Balaban J connectivity index is 1.27. The molecule has 3 heterocycles. The van der Waals surface area contributed by atoms with Crippen LogP contribution in [0.1, 0.15) is 51.9 Å². The molecule has 4 aromatic rings. The van der Waals surface area contributed by atoms with Gasteiger partial charge in [0.25, 0.3) is 5.56 Å². The van der Waals surface area contributed by atoms with Crippen LogP contribution >= 0.6 is 23.4 Å². The predicted octanol–water partition coefficient (Wildman–Crippen LogP) is 6.14. The van der Waals surface area contributed by atoms with Gasteiger partial charge in [-0.2, -0.15) is 8.42 Å². The number of piperidine rings is 1. The molecule has 1 aliphatic rings. The Morgan fingerprint density at radius 1 is 1.15 bits per heavy atom. The number of aryl methyl sites for hydroxylation is 1. The molecule has 2 aromatic carbocycles. The van der Waals surface area contributed by atoms with E-state index in [0.717, 1.165) is 37.8 Å². The maximum absolute atomic E-state index is 13.6. The van der Waals surface area contributed by atoms with Gasteiger partial charge in [-0.1, -0.05) is 42.4 Å². The highest BCUT2D eigenvalue weighted by Crippen LogP contribution is 2.36. The Labute approximate surface area is 282 Å². The Morgan fingerprint density at radius 2 is 1.87 bits per heavy atom. The van der Waals surface area contributed by atoms with Crippen LogP contribution in [-0.4, -0.2) is 59.3 Å². The van der Waals surface area contributed by atoms with Gasteiger partial charge in [-0.05, 0) is 75.8 Å². The van der Waals surface area contributed by atoms with Gasteiger partial charge in [0, 0.05) is 24.5 Å². The van der Waals surface area contributed by atoms with E-state index in [0.29, 0.717) is 33.4 Å². The normalized spacial score (nSPS) is 15.1. The smallest absolute Gasteiger partial charge is 0.407 e. The van der Waals surface area contributed by atoms with Gasteiger partial charge in [-0.25, -0.2) is 19.7 Å². The van der Waals surface area contributed by atoms with E-state index in [1.165, 1.54) is 28.5 Å². The zero-order chi connectivity index (χ0) is 34.1. The Hall–Kier alpha value is -3.75. The molecule has 0 bridgehead atoms. The number of halogens is 2. The quantitative estimate of drug-likeness (QED) is 0.213. The third kappa shape index (κ3) is 8.40. The fourth-order valence-electron chi connectivity index (χ4n) is 5.29. The van der Waals surface area contributed by atoms with Crippen LogP contribution in [0.15, 0.2) is 68.4 Å². The standard InChI is InChI=1S/C32H36ClFN6O5S2/c1-20-38-23-9-10-24(28(33)27(23)29(41)40(20)18-21-7-6-8-22(15-21)47(34,43)44)46-26-17-35-25(16-36-26)39-13-11-32(5,12-14-39)19-37-30(42)45-31(2,3)4/h6-10,15-17H,11-14,18-19H2,1-5H3,(H,37,42). The minimum atomic E-state index is -4.90. The number of rotatable bonds is 8. The first-order valence-corrected chi connectivity index (χ1v) is 17.5. The number of carbonyl (C=O) groups is 1. The number of aromatic nitrogens is 4. The summed E-state index contributed by atoms with van der Waals surface area (Å²) in [5.74, 6) is 1.14. The molecule has 0 radical (unpaired) electrons. The summed E-state index contributed by atoms with van der Waals surface area (Å²) >= 11 is 8.04. The second-order valence-corrected chi connectivity index (χ2v) is 15.7. The molecule has 1 saturated heterocycles. The number of anilines is 1. The van der Waals surface area contributed by atoms with E-state index < -0.39 is 32.4 Å². The van der Waals surface area contributed by atoms with E-state index in [1.807, 2.05) is 20.8 Å². The molecule has 1 amide bonds. The number of benzene rings is 2. The van der Waals surface area contributed by atoms with Gasteiger partial charge < -0.3 is 15.0 Å². The zero-order valence-corrected chi connectivity index (χ0v) is 29.1. The first-order chi connectivity index (χ1) is 22.0. The van der Waals surface area contributed by atoms with Crippen molar-refractivity contribution < 1.29 is 21.8 Å². The molecule has 15 heteroatoms. The van der Waals surface area contributed by atoms with Gasteiger partial charge in [0.15, 0.2) is 0 Å². The third-order valence-corrected chi connectivity index (χ3v) is 10.2. The molecule has 0 spiro atoms. The zero-order valence-electron chi connectivity index (χ0n) is 26.7. The van der Waals surface area contributed by atoms with Gasteiger partial charge in [-0.15, -0.1) is 3.89 Å². The maximum atomic E-state index is 13.6. The molecule has 1 N–H and O–H groups in total. The van der Waals surface area contributed by atoms with Crippen molar-refractivity contribution in [1.29, 1.82) is 0 Å². The first kappa shape index (κ1) is 34.6. The summed E-state index contributed by atoms with van der Waals surface area (Å²) in [5.41, 5.74) is -0.180. The van der Waals surface area contributed by atoms with Crippen molar-refractivity contribution in [3.63, 3.8) is 0 Å². The number of alkyl carbamates (subject to hydrolysis) is 1. The van der Waals surface area contributed by atoms with Gasteiger partial charge in [0.05, 0.1) is 39.8 Å². The van der Waals surface area contributed by atoms with E-state index in [4.69, 9.17) is 16.3 Å². The molecule has 0 unspecified atom stereocenters. The average Bonchev–Trinajstić information content (AvgIpc) is 2.99. The van der Waals surface area contributed by atoms with Gasteiger partial charge in [-0.3, -0.25) is 9.36 Å². The number of carbonyl (C=O) groups excluding carboxylic acids is 1. The maximum Gasteiger partial charge on any atom is 0.407 e. The van der Waals surface area contributed by atoms with Crippen LogP contribution in [0, 0.1) is 12.3 Å². The highest BCUT2D eigenvalue weighted by Gasteiger charge is 2.32. The number of nitrogens with zero attached hydrogens (tertiary/aromatic N) is 5. The van der Waals surface area contributed by atoms with Crippen LogP contribution in [-0.2, 0) is 21.5 Å². The van der Waals surface area contributed by atoms with Crippen LogP contribution in [0.3, 0.4) is 0 Å². The fourth-order valence-corrected chi connectivity index (χ4v) is 6.95. The second kappa shape index (κ2) is 13.4. The number of hydrogen-bond acceptors (Lipinski definition) is 10. The lowest BCUT2D eigenvalue weighted by Gasteiger charge is -2.40. The minimum Gasteiger partial charge on any atom is -0.444 e. The third-order valence-electron chi connectivity index (χ3n) is 7.92. The van der Waals surface area contributed by atoms with E-state index in [9.17, 15) is 21.9 Å². The summed E-state index contributed by atoms with van der Waals surface area (Å²) in [6, 6.07) is 8.84. The van der Waals surface area contributed by atoms with Crippen LogP contribution in [0.4, 0.5) is 14.5 Å². The number of amides is 1. The Bertz CT molecular complexity index is 1980. The molecule has 1 fully saturated rings. The van der Waals surface area contributed by atoms with E-state index in [1.54, 1.807) is 37.5 Å². The van der Waals surface area contributed by atoms with Crippen molar-refractivity contribution in [2.24, 2.45) is 5.41 Å². The van der Waals surface area contributed by atoms with Crippen molar-refractivity contribution in [3.8, 4) is 0 Å². The number of fused-ring (bicyclic) bond motifs is 1. The minimum absolute atomic E-state index is 0.0203. The number of nitrogens with one attached hydrogen (secondary N) is 1. The molecule has 2 aromatic heterocycles. The van der Waals surface area contributed by atoms with Crippen LogP contribution in [0.2, 0.25) is 5.02 Å². The molecule has 5 rings (SSSR count). The predicted molar refractivity (Wildman–Crippen MR) is 180 cm³/mol. The van der Waals surface area contributed by atoms with Crippen molar-refractivity contribution in [2.75, 3.05) is 24.5 Å². The summed E-state index contributed by atoms with van der Waals surface area (Å²) in [7, 11) is -4.90. The van der Waals surface area contributed by atoms with Crippen LogP contribution in [0.5, 0.6) is 0 Å². The summed E-state index contributed by atoms with van der Waals surface area (Å²) in [6.45, 7) is 11.4. The summed E-state index contributed by atoms with van der Waals surface area (Å²) in [5, 5.41) is 3.90. The molecule has 250 valence electrons. The molecule has 0 atom stereocenters. The SMILES string of the molecule is Cc1nc2ccc(Sc3cnc(N4CCC(C)(CNC(=O)OC(C)(C)C)CC4)cn3)c(Cl)c2c(=O)n1Cc1cccc(S(=O)(=O)F)c1. The molecule has 11 nitrogen and oxygen atoms in total. The second-order valence-electron chi connectivity index (χ2n) is 12.9. The molecule has 0 aliphatic carbocycles. The van der Waals surface area contributed by atoms with Gasteiger partial charge in [0.2, 0.25) is 0 Å². The van der Waals surface area contributed by atoms with E-state index in [-0.39, 0.29) is 22.4 Å². The highest BCUT2D eigenvalue weighted by atomic mass is 35.5. The van der Waals surface area contributed by atoms with Crippen molar-refractivity contribution >= 4 is 56.4 Å². The summed E-state index contributed by atoms with van der Waals surface area (Å²) < 4.78 is 43.1. The molecule has 1 aliphatic heterocycles. The highest BCUT2D eigenvalue weighted by molar-refractivity contribution is 7.99. The van der Waals surface area contributed by atoms with Crippen molar-refractivity contribution in [2.45, 2.75) is 74.4 Å². The lowest BCUT2D eigenvalue weighted by Crippen LogP contribution is -2.45. The molecular formula is C32H36ClFN6O5S2. The van der Waals surface area contributed by atoms with Crippen LogP contribution < -0.4 is 15.8 Å². The van der Waals surface area contributed by atoms with Crippen molar-refractivity contribution in [3.05, 3.63) is 75.6 Å². The van der Waals surface area contributed by atoms with Gasteiger partial charge in [0.1, 0.15) is 22.3 Å². The average molecular weight is 703 g/mol. The van der Waals surface area contributed by atoms with Crippen molar-refractivity contribution in [1.82, 2.24) is 24.8 Å². The van der Waals surface area contributed by atoms with E-state index in [2.05, 4.69) is 32.1 Å². The molecular weight excluding hydrogens is 667 g/mol. The number of hydrogen-bond donors (Lipinski definition) is 1. The monoisotopic (exact) mass is 702 g/mol. The van der Waals surface area contributed by atoms with Crippen LogP contribution in [0.25, 0.3) is 10.9 Å². The lowest BCUT2D eigenvalue weighted by atomic mass is 9.80. The Morgan fingerprint density at radius 3 is 2.51 bits per heavy atom. The Kier molecular flexibility index (Phi) is 9.86. The van der Waals surface area contributed by atoms with Gasteiger partial charge >= 0.3 is 16.3 Å². The van der Waals surface area contributed by atoms with E-state index >= 15 is 0 Å².